The first-order valence-electron chi connectivity index (χ1n) is 23.5. The Bertz CT molecular complexity index is 2900. The third-order valence-electron chi connectivity index (χ3n) is 14.0. The normalized spacial score (nSPS) is 19.1. The summed E-state index contributed by atoms with van der Waals surface area (Å²) in [7, 11) is 2.58. The van der Waals surface area contributed by atoms with Gasteiger partial charge in [-0.25, -0.2) is 19.6 Å². The molecule has 2 aromatic heterocycles. The van der Waals surface area contributed by atoms with Crippen LogP contribution < -0.4 is 10.6 Å². The van der Waals surface area contributed by atoms with E-state index in [1.807, 2.05) is 18.7 Å². The lowest BCUT2D eigenvalue weighted by atomic mass is 9.84. The molecule has 0 unspecified atom stereocenters. The average molecular weight is 905 g/mol. The topological polar surface area (TPSA) is 175 Å². The molecule has 4 N–H and O–H groups in total. The number of rotatable bonds is 10. The van der Waals surface area contributed by atoms with Crippen molar-refractivity contribution >= 4 is 46.1 Å². The molecular formula is C53H60N8O6. The Morgan fingerprint density at radius 3 is 1.87 bits per heavy atom. The van der Waals surface area contributed by atoms with E-state index in [1.54, 1.807) is 11.8 Å². The Morgan fingerprint density at radius 2 is 1.28 bits per heavy atom. The second-order valence-corrected chi connectivity index (χ2v) is 18.9. The van der Waals surface area contributed by atoms with Crippen LogP contribution in [0.2, 0.25) is 0 Å². The number of imidazole rings is 2. The van der Waals surface area contributed by atoms with E-state index < -0.39 is 24.3 Å². The maximum atomic E-state index is 13.8. The number of hydrogen-bond donors (Lipinski definition) is 4. The molecule has 6 aromatic rings. The highest BCUT2D eigenvalue weighted by Crippen LogP contribution is 2.39. The quantitative estimate of drug-likeness (QED) is 0.0985. The molecule has 2 saturated heterocycles. The Balaban J connectivity index is 0.959. The molecule has 14 heteroatoms. The largest absolute Gasteiger partial charge is 0.453 e. The van der Waals surface area contributed by atoms with Gasteiger partial charge in [-0.05, 0) is 138 Å². The van der Waals surface area contributed by atoms with Crippen molar-refractivity contribution < 1.29 is 28.7 Å². The molecule has 5 atom stereocenters. The monoisotopic (exact) mass is 904 g/mol. The smallest absolute Gasteiger partial charge is 0.407 e. The average Bonchev–Trinajstić information content (AvgIpc) is 4.16. The maximum Gasteiger partial charge on any atom is 0.407 e. The van der Waals surface area contributed by atoms with E-state index in [0.717, 1.165) is 89.8 Å². The molecule has 12 rings (SSSR count). The van der Waals surface area contributed by atoms with Gasteiger partial charge in [0.05, 0.1) is 48.4 Å². The van der Waals surface area contributed by atoms with E-state index >= 15 is 0 Å². The maximum absolute atomic E-state index is 13.8. The molecule has 2 aliphatic heterocycles. The molecule has 14 nitrogen and oxygen atoms in total. The van der Waals surface area contributed by atoms with Crippen molar-refractivity contribution in [3.63, 3.8) is 0 Å². The number of amides is 4. The number of carbonyl (C=O) groups is 4. The minimum absolute atomic E-state index is 0.112. The van der Waals surface area contributed by atoms with Crippen molar-refractivity contribution in [2.24, 2.45) is 5.92 Å². The molecule has 4 bridgehead atoms. The Morgan fingerprint density at radius 1 is 0.716 bits per heavy atom. The zero-order valence-electron chi connectivity index (χ0n) is 39.2. The standard InChI is InChI=1S/C53H60N8O6/c1-29(2)46(58-52(64)66-6)50(62)60-22-8-10-44(60)48-54-40-20-18-36(27-42(40)56-48)38-25-32-12-14-33-16-17-34(31(5)24-35(38)15-13-32)26-39(33)37-19-21-41-43(28-37)57-49(55-41)45-11-9-23-61(45)51(63)47(30(3)4)59-53(65)67-7/h13,15-21,25-29,31,44-47H,3,8-12,14,22-24H2,1-2,4-7H3,(H,54,56)(H,55,57)(H,58,64)(H,59,65)/t31-,44+,45+,46+,47+/m1/s1. The van der Waals surface area contributed by atoms with Gasteiger partial charge in [0.25, 0.3) is 0 Å². The van der Waals surface area contributed by atoms with Gasteiger partial charge in [-0.3, -0.25) is 9.59 Å². The summed E-state index contributed by atoms with van der Waals surface area (Å²) in [4.78, 5) is 72.6. The van der Waals surface area contributed by atoms with Gasteiger partial charge in [0.15, 0.2) is 0 Å². The van der Waals surface area contributed by atoms with Crippen LogP contribution in [0.4, 0.5) is 9.59 Å². The van der Waals surface area contributed by atoms with Crippen LogP contribution in [0.15, 0.2) is 84.9 Å². The second kappa shape index (κ2) is 18.7. The number of likely N-dealkylation sites (tertiary alicyclic amines) is 2. The fraction of sp³-hybridized carbons (Fsp3) is 0.396. The summed E-state index contributed by atoms with van der Waals surface area (Å²) >= 11 is 0. The number of carbonyl (C=O) groups excluding carboxylic acids is 4. The van der Waals surface area contributed by atoms with Gasteiger partial charge >= 0.3 is 12.2 Å². The molecule has 4 heterocycles. The Hall–Kier alpha value is -6.96. The van der Waals surface area contributed by atoms with Gasteiger partial charge in [-0.2, -0.15) is 0 Å². The van der Waals surface area contributed by atoms with Crippen LogP contribution in [0.3, 0.4) is 0 Å². The third-order valence-corrected chi connectivity index (χ3v) is 14.0. The van der Waals surface area contributed by atoms with Gasteiger partial charge < -0.3 is 39.9 Å². The molecule has 4 aromatic carbocycles. The number of fused-ring (bicyclic) bond motifs is 2. The van der Waals surface area contributed by atoms with Crippen molar-refractivity contribution in [1.29, 1.82) is 0 Å². The lowest BCUT2D eigenvalue weighted by molar-refractivity contribution is -0.135. The van der Waals surface area contributed by atoms with Crippen LogP contribution in [-0.4, -0.2) is 93.1 Å². The van der Waals surface area contributed by atoms with E-state index in [4.69, 9.17) is 19.4 Å². The first kappa shape index (κ1) is 45.2. The molecule has 4 aliphatic carbocycles. The van der Waals surface area contributed by atoms with E-state index in [0.29, 0.717) is 18.7 Å². The predicted molar refractivity (Wildman–Crippen MR) is 258 cm³/mol. The van der Waals surface area contributed by atoms with Crippen molar-refractivity contribution in [2.45, 2.75) is 103 Å². The number of aryl methyl sites for hydroxylation is 2. The molecule has 0 spiro atoms. The van der Waals surface area contributed by atoms with Gasteiger partial charge in [0, 0.05) is 13.1 Å². The summed E-state index contributed by atoms with van der Waals surface area (Å²) < 4.78 is 9.61. The first-order chi connectivity index (χ1) is 32.3. The van der Waals surface area contributed by atoms with E-state index in [2.05, 4.69) is 107 Å². The first-order valence-corrected chi connectivity index (χ1v) is 23.5. The third kappa shape index (κ3) is 9.01. The van der Waals surface area contributed by atoms with Crippen molar-refractivity contribution in [1.82, 2.24) is 40.4 Å². The number of aromatic nitrogens is 4. The highest BCUT2D eigenvalue weighted by Gasteiger charge is 2.39. The van der Waals surface area contributed by atoms with Crippen LogP contribution in [0, 0.1) is 5.92 Å². The Labute approximate surface area is 390 Å². The van der Waals surface area contributed by atoms with Crippen molar-refractivity contribution in [3.8, 4) is 22.3 Å². The van der Waals surface area contributed by atoms with E-state index in [-0.39, 0.29) is 35.7 Å². The number of nitrogens with zero attached hydrogens (tertiary/aromatic N) is 4. The van der Waals surface area contributed by atoms with Gasteiger partial charge in [-0.15, -0.1) is 0 Å². The molecule has 0 saturated carbocycles. The summed E-state index contributed by atoms with van der Waals surface area (Å²) in [5.41, 5.74) is 13.7. The van der Waals surface area contributed by atoms with Crippen LogP contribution in [0.25, 0.3) is 44.3 Å². The highest BCUT2D eigenvalue weighted by molar-refractivity contribution is 5.90. The number of alkyl carbamates (subject to hydrolysis) is 2. The minimum atomic E-state index is -0.889. The van der Waals surface area contributed by atoms with Crippen LogP contribution in [-0.2, 0) is 38.3 Å². The number of H-pyrrole nitrogens is 2. The highest BCUT2D eigenvalue weighted by atomic mass is 16.5. The molecule has 348 valence electrons. The summed E-state index contributed by atoms with van der Waals surface area (Å²) in [6, 6.07) is 24.6. The lowest BCUT2D eigenvalue weighted by Crippen LogP contribution is -2.51. The number of nitrogens with one attached hydrogen (secondary N) is 4. The van der Waals surface area contributed by atoms with E-state index in [9.17, 15) is 19.2 Å². The van der Waals surface area contributed by atoms with Crippen molar-refractivity contribution in [3.05, 3.63) is 119 Å². The minimum Gasteiger partial charge on any atom is -0.453 e. The fourth-order valence-electron chi connectivity index (χ4n) is 10.3. The number of methoxy groups -OCH3 is 2. The van der Waals surface area contributed by atoms with Crippen molar-refractivity contribution in [2.75, 3.05) is 27.3 Å². The summed E-state index contributed by atoms with van der Waals surface area (Å²) in [5.74, 6) is 1.24. The van der Waals surface area contributed by atoms with Gasteiger partial charge in [-0.1, -0.05) is 75.9 Å². The molecule has 4 amide bonds. The Kier molecular flexibility index (Phi) is 12.6. The number of ether oxygens (including phenoxy) is 2. The fourth-order valence-corrected chi connectivity index (χ4v) is 10.3. The van der Waals surface area contributed by atoms with Gasteiger partial charge in [0.2, 0.25) is 11.8 Å². The summed E-state index contributed by atoms with van der Waals surface area (Å²) in [6.45, 7) is 13.0. The molecule has 6 aliphatic rings. The predicted octanol–water partition coefficient (Wildman–Crippen LogP) is 9.23. The molecule has 67 heavy (non-hydrogen) atoms. The van der Waals surface area contributed by atoms with Crippen LogP contribution in [0.5, 0.6) is 0 Å². The van der Waals surface area contributed by atoms with E-state index in [1.165, 1.54) is 47.6 Å². The van der Waals surface area contributed by atoms with Gasteiger partial charge in [0.1, 0.15) is 23.7 Å². The SMILES string of the molecule is C=C(C)[C@H](NC(=O)OC)C(=O)N1CCC[C@H]1c1nc2ccc(-c3cc4ccc3CCc3ccc(c(-c5ccc6nc([C@@H]7CCCN7C(=O)[C@@H](NC(=O)OC)C(C)C)[nH]c6c5)c3)C[C@H]4C)cc2[nH]1. The molecular weight excluding hydrogens is 845 g/mol. The number of aromatic amines is 2. The summed E-state index contributed by atoms with van der Waals surface area (Å²) in [5, 5.41) is 5.38. The molecule has 0 radical (unpaired) electrons. The zero-order chi connectivity index (χ0) is 47.1. The number of benzene rings is 4. The van der Waals surface area contributed by atoms with Crippen LogP contribution >= 0.6 is 0 Å². The molecule has 2 fully saturated rings. The van der Waals surface area contributed by atoms with Crippen LogP contribution in [0.1, 0.15) is 105 Å². The lowest BCUT2D eigenvalue weighted by Gasteiger charge is -2.29. The second-order valence-electron chi connectivity index (χ2n) is 18.9. The number of hydrogen-bond acceptors (Lipinski definition) is 8. The zero-order valence-corrected chi connectivity index (χ0v) is 39.2. The summed E-state index contributed by atoms with van der Waals surface area (Å²) in [6.07, 6.45) is 4.47.